The molecule has 0 saturated carbocycles. The smallest absolute Gasteiger partial charge is 0.249 e. The second-order valence-electron chi connectivity index (χ2n) is 6.25. The minimum absolute atomic E-state index is 0.194. The highest BCUT2D eigenvalue weighted by Gasteiger charge is 2.14. The first-order valence-corrected chi connectivity index (χ1v) is 8.60. The maximum absolute atomic E-state index is 11.7. The summed E-state index contributed by atoms with van der Waals surface area (Å²) in [7, 11) is 0. The molecule has 0 aliphatic carbocycles. The number of nitrogens with one attached hydrogen (secondary N) is 1. The van der Waals surface area contributed by atoms with E-state index in [-0.39, 0.29) is 5.56 Å². The van der Waals surface area contributed by atoms with Crippen molar-refractivity contribution in [2.24, 2.45) is 0 Å². The van der Waals surface area contributed by atoms with Crippen LogP contribution in [0.1, 0.15) is 0 Å². The van der Waals surface area contributed by atoms with Crippen LogP contribution in [0.5, 0.6) is 0 Å². The topological polar surface area (TPSA) is 71.5 Å². The van der Waals surface area contributed by atoms with E-state index < -0.39 is 0 Å². The fourth-order valence-corrected chi connectivity index (χ4v) is 3.19. The molecule has 0 unspecified atom stereocenters. The van der Waals surface area contributed by atoms with Crippen LogP contribution in [0, 0.1) is 0 Å². The number of pyridine rings is 2. The molecular weight excluding hydrogens is 336 g/mol. The van der Waals surface area contributed by atoms with Crippen LogP contribution < -0.4 is 5.56 Å². The Kier molecular flexibility index (Phi) is 3.50. The fourth-order valence-electron chi connectivity index (χ4n) is 3.19. The van der Waals surface area contributed by atoms with Gasteiger partial charge in [-0.1, -0.05) is 42.5 Å². The minimum Gasteiger partial charge on any atom is -0.305 e. The summed E-state index contributed by atoms with van der Waals surface area (Å²) in [5, 5.41) is 1.04. The molecule has 0 bridgehead atoms. The lowest BCUT2D eigenvalue weighted by atomic mass is 10.0. The summed E-state index contributed by atoms with van der Waals surface area (Å²) in [4.78, 5) is 28.4. The molecule has 128 valence electrons. The molecule has 0 aliphatic heterocycles. The summed E-state index contributed by atoms with van der Waals surface area (Å²) in [5.74, 6) is 0. The van der Waals surface area contributed by atoms with Crippen LogP contribution in [0.2, 0.25) is 0 Å². The van der Waals surface area contributed by atoms with Gasteiger partial charge in [0.1, 0.15) is 5.52 Å². The summed E-state index contributed by atoms with van der Waals surface area (Å²) in [5.41, 5.74) is 5.26. The third-order valence-electron chi connectivity index (χ3n) is 4.48. The van der Waals surface area contributed by atoms with Crippen LogP contribution in [0.3, 0.4) is 0 Å². The van der Waals surface area contributed by atoms with E-state index in [0.717, 1.165) is 33.4 Å². The Labute approximate surface area is 154 Å². The third-order valence-corrected chi connectivity index (χ3v) is 4.48. The number of nitrogens with zero attached hydrogens (tertiary/aromatic N) is 3. The lowest BCUT2D eigenvalue weighted by molar-refractivity contribution is 1.19. The predicted octanol–water partition coefficient (Wildman–Crippen LogP) is 4.20. The Hall–Kier alpha value is -3.86. The van der Waals surface area contributed by atoms with Crippen molar-refractivity contribution in [2.75, 3.05) is 0 Å². The highest BCUT2D eigenvalue weighted by molar-refractivity contribution is 5.89. The molecule has 5 heteroatoms. The maximum Gasteiger partial charge on any atom is 0.249 e. The van der Waals surface area contributed by atoms with Gasteiger partial charge in [-0.2, -0.15) is 0 Å². The Bertz CT molecular complexity index is 1340. The first-order chi connectivity index (χ1) is 13.3. The van der Waals surface area contributed by atoms with Gasteiger partial charge < -0.3 is 4.98 Å². The van der Waals surface area contributed by atoms with Crippen molar-refractivity contribution in [3.8, 4) is 22.5 Å². The van der Waals surface area contributed by atoms with Gasteiger partial charge in [0.25, 0.3) is 0 Å². The molecule has 5 nitrogen and oxygen atoms in total. The first kappa shape index (κ1) is 15.4. The second-order valence-corrected chi connectivity index (χ2v) is 6.25. The molecule has 0 atom stereocenters. The van der Waals surface area contributed by atoms with Crippen molar-refractivity contribution in [2.45, 2.75) is 0 Å². The molecule has 0 amide bonds. The van der Waals surface area contributed by atoms with Crippen LogP contribution in [-0.2, 0) is 0 Å². The van der Waals surface area contributed by atoms with E-state index in [9.17, 15) is 4.79 Å². The van der Waals surface area contributed by atoms with Crippen molar-refractivity contribution in [1.82, 2.24) is 19.9 Å². The van der Waals surface area contributed by atoms with Crippen LogP contribution >= 0.6 is 0 Å². The van der Waals surface area contributed by atoms with Gasteiger partial charge in [0.2, 0.25) is 5.56 Å². The minimum atomic E-state index is -0.194. The van der Waals surface area contributed by atoms with Gasteiger partial charge in [-0.15, -0.1) is 0 Å². The SMILES string of the molecule is O=c1ccc2nc(-c3ccc4ncccc4c3)c(-c3ccccc3)nc2[nH]1. The van der Waals surface area contributed by atoms with Crippen molar-refractivity contribution in [3.63, 3.8) is 0 Å². The van der Waals surface area contributed by atoms with E-state index in [1.54, 1.807) is 12.3 Å². The van der Waals surface area contributed by atoms with Gasteiger partial charge in [0.05, 0.1) is 16.9 Å². The average molecular weight is 350 g/mol. The quantitative estimate of drug-likeness (QED) is 0.518. The van der Waals surface area contributed by atoms with E-state index in [2.05, 4.69) is 16.0 Å². The molecule has 5 aromatic rings. The van der Waals surface area contributed by atoms with E-state index in [4.69, 9.17) is 9.97 Å². The van der Waals surface area contributed by atoms with Crippen molar-refractivity contribution >= 4 is 22.1 Å². The Balaban J connectivity index is 1.83. The Morgan fingerprint density at radius 3 is 2.41 bits per heavy atom. The average Bonchev–Trinajstić information content (AvgIpc) is 2.73. The van der Waals surface area contributed by atoms with Gasteiger partial charge in [-0.3, -0.25) is 9.78 Å². The van der Waals surface area contributed by atoms with Crippen LogP contribution in [0.4, 0.5) is 0 Å². The van der Waals surface area contributed by atoms with Gasteiger partial charge >= 0.3 is 0 Å². The summed E-state index contributed by atoms with van der Waals surface area (Å²) in [6.07, 6.45) is 1.78. The Morgan fingerprint density at radius 1 is 0.704 bits per heavy atom. The standard InChI is InChI=1S/C22H14N4O/c27-19-11-10-18-22(25-19)26-20(14-5-2-1-3-6-14)21(24-18)16-8-9-17-15(13-16)7-4-12-23-17/h1-13H,(H,25,26,27). The molecule has 2 aromatic carbocycles. The van der Waals surface area contributed by atoms with E-state index in [0.29, 0.717) is 11.2 Å². The van der Waals surface area contributed by atoms with Gasteiger partial charge in [0, 0.05) is 28.8 Å². The zero-order chi connectivity index (χ0) is 18.2. The second kappa shape index (κ2) is 6.14. The molecule has 0 spiro atoms. The van der Waals surface area contributed by atoms with Crippen molar-refractivity contribution in [1.29, 1.82) is 0 Å². The maximum atomic E-state index is 11.7. The normalized spacial score (nSPS) is 11.1. The predicted molar refractivity (Wildman–Crippen MR) is 106 cm³/mol. The molecule has 1 N–H and O–H groups in total. The number of rotatable bonds is 2. The number of aromatic amines is 1. The Morgan fingerprint density at radius 2 is 1.52 bits per heavy atom. The molecule has 5 rings (SSSR count). The highest BCUT2D eigenvalue weighted by atomic mass is 16.1. The summed E-state index contributed by atoms with van der Waals surface area (Å²) < 4.78 is 0. The first-order valence-electron chi connectivity index (χ1n) is 8.60. The molecule has 0 fully saturated rings. The van der Waals surface area contributed by atoms with Crippen LogP contribution in [0.25, 0.3) is 44.6 Å². The third kappa shape index (κ3) is 2.75. The van der Waals surface area contributed by atoms with E-state index >= 15 is 0 Å². The van der Waals surface area contributed by atoms with Gasteiger partial charge in [0.15, 0.2) is 5.65 Å². The molecule has 0 radical (unpaired) electrons. The van der Waals surface area contributed by atoms with Crippen molar-refractivity contribution in [3.05, 3.63) is 89.3 Å². The number of fused-ring (bicyclic) bond motifs is 2. The number of hydrogen-bond donors (Lipinski definition) is 1. The zero-order valence-electron chi connectivity index (χ0n) is 14.3. The highest BCUT2D eigenvalue weighted by Crippen LogP contribution is 2.31. The van der Waals surface area contributed by atoms with Crippen molar-refractivity contribution < 1.29 is 0 Å². The molecule has 3 aromatic heterocycles. The van der Waals surface area contributed by atoms with Gasteiger partial charge in [-0.05, 0) is 24.3 Å². The number of aromatic nitrogens is 4. The summed E-state index contributed by atoms with van der Waals surface area (Å²) in [6, 6.07) is 23.0. The van der Waals surface area contributed by atoms with E-state index in [1.165, 1.54) is 6.07 Å². The molecule has 0 saturated heterocycles. The van der Waals surface area contributed by atoms with Gasteiger partial charge in [-0.25, -0.2) is 9.97 Å². The number of benzene rings is 2. The molecule has 0 aliphatic rings. The largest absolute Gasteiger partial charge is 0.305 e. The summed E-state index contributed by atoms with van der Waals surface area (Å²) >= 11 is 0. The molecule has 27 heavy (non-hydrogen) atoms. The number of H-pyrrole nitrogens is 1. The molecular formula is C22H14N4O. The number of hydrogen-bond acceptors (Lipinski definition) is 4. The summed E-state index contributed by atoms with van der Waals surface area (Å²) in [6.45, 7) is 0. The van der Waals surface area contributed by atoms with Crippen LogP contribution in [-0.4, -0.2) is 19.9 Å². The lowest BCUT2D eigenvalue weighted by Gasteiger charge is -2.11. The zero-order valence-corrected chi connectivity index (χ0v) is 14.3. The fraction of sp³-hybridized carbons (Fsp3) is 0. The lowest BCUT2D eigenvalue weighted by Crippen LogP contribution is -2.06. The molecule has 3 heterocycles. The van der Waals surface area contributed by atoms with Crippen LogP contribution in [0.15, 0.2) is 83.8 Å². The monoisotopic (exact) mass is 350 g/mol. The van der Waals surface area contributed by atoms with E-state index in [1.807, 2.05) is 54.6 Å².